The molecule has 0 aromatic carbocycles. The standard InChI is InChI=1S/C14H26N2O3/c1-14(2,16-6-9-18-10-7-16)13(17)15-5-3-12-4-8-19-11-12/h12H,3-11H2,1-2H3,(H,15,17)/t12-/m0/s1. The van der Waals surface area contributed by atoms with Gasteiger partial charge < -0.3 is 14.8 Å². The normalized spacial score (nSPS) is 25.5. The van der Waals surface area contributed by atoms with Crippen molar-refractivity contribution in [3.63, 3.8) is 0 Å². The molecule has 5 nitrogen and oxygen atoms in total. The van der Waals surface area contributed by atoms with Crippen molar-refractivity contribution in [2.24, 2.45) is 5.92 Å². The molecule has 0 aromatic rings. The number of amides is 1. The van der Waals surface area contributed by atoms with Gasteiger partial charge in [-0.25, -0.2) is 0 Å². The number of rotatable bonds is 5. The fraction of sp³-hybridized carbons (Fsp3) is 0.929. The molecule has 0 radical (unpaired) electrons. The lowest BCUT2D eigenvalue weighted by Gasteiger charge is -2.39. The van der Waals surface area contributed by atoms with Crippen molar-refractivity contribution in [1.82, 2.24) is 10.2 Å². The van der Waals surface area contributed by atoms with Gasteiger partial charge in [-0.2, -0.15) is 0 Å². The van der Waals surface area contributed by atoms with E-state index in [1.165, 1.54) is 0 Å². The first-order valence-corrected chi connectivity index (χ1v) is 7.29. The highest BCUT2D eigenvalue weighted by atomic mass is 16.5. The van der Waals surface area contributed by atoms with E-state index in [0.717, 1.165) is 58.9 Å². The molecule has 0 aliphatic carbocycles. The van der Waals surface area contributed by atoms with Crippen LogP contribution in [0.5, 0.6) is 0 Å². The fourth-order valence-corrected chi connectivity index (χ4v) is 2.68. The minimum atomic E-state index is -0.448. The molecule has 0 unspecified atom stereocenters. The summed E-state index contributed by atoms with van der Waals surface area (Å²) in [5.74, 6) is 0.736. The highest BCUT2D eigenvalue weighted by Gasteiger charge is 2.35. The lowest BCUT2D eigenvalue weighted by molar-refractivity contribution is -0.134. The lowest BCUT2D eigenvalue weighted by atomic mass is 10.00. The van der Waals surface area contributed by atoms with Crippen LogP contribution in [0.4, 0.5) is 0 Å². The summed E-state index contributed by atoms with van der Waals surface area (Å²) in [5.41, 5.74) is -0.448. The van der Waals surface area contributed by atoms with Crippen molar-refractivity contribution < 1.29 is 14.3 Å². The second-order valence-corrected chi connectivity index (χ2v) is 5.93. The molecular weight excluding hydrogens is 244 g/mol. The molecule has 2 fully saturated rings. The van der Waals surface area contributed by atoms with E-state index in [2.05, 4.69) is 10.2 Å². The van der Waals surface area contributed by atoms with Crippen LogP contribution in [0.15, 0.2) is 0 Å². The molecule has 2 aliphatic heterocycles. The highest BCUT2D eigenvalue weighted by Crippen LogP contribution is 2.18. The molecule has 0 saturated carbocycles. The van der Waals surface area contributed by atoms with Crippen molar-refractivity contribution in [3.05, 3.63) is 0 Å². The van der Waals surface area contributed by atoms with Crippen LogP contribution in [0, 0.1) is 5.92 Å². The highest BCUT2D eigenvalue weighted by molar-refractivity contribution is 5.85. The Hall–Kier alpha value is -0.650. The fourth-order valence-electron chi connectivity index (χ4n) is 2.68. The summed E-state index contributed by atoms with van der Waals surface area (Å²) in [6, 6.07) is 0. The van der Waals surface area contributed by atoms with Gasteiger partial charge in [0.15, 0.2) is 0 Å². The number of hydrogen-bond acceptors (Lipinski definition) is 4. The molecule has 2 aliphatic rings. The molecule has 2 heterocycles. The SMILES string of the molecule is CC(C)(C(=O)NCC[C@H]1CCOC1)N1CCOCC1. The zero-order chi connectivity index (χ0) is 13.7. The summed E-state index contributed by atoms with van der Waals surface area (Å²) in [6.07, 6.45) is 2.15. The smallest absolute Gasteiger partial charge is 0.239 e. The molecule has 110 valence electrons. The van der Waals surface area contributed by atoms with Crippen molar-refractivity contribution in [2.75, 3.05) is 46.1 Å². The van der Waals surface area contributed by atoms with Gasteiger partial charge in [-0.15, -0.1) is 0 Å². The molecule has 19 heavy (non-hydrogen) atoms. The molecular formula is C14H26N2O3. The van der Waals surface area contributed by atoms with Crippen molar-refractivity contribution in [2.45, 2.75) is 32.2 Å². The van der Waals surface area contributed by atoms with Gasteiger partial charge in [0.1, 0.15) is 0 Å². The van der Waals surface area contributed by atoms with Crippen LogP contribution < -0.4 is 5.32 Å². The van der Waals surface area contributed by atoms with E-state index in [1.54, 1.807) is 0 Å². The topological polar surface area (TPSA) is 50.8 Å². The lowest BCUT2D eigenvalue weighted by Crippen LogP contribution is -2.58. The number of carbonyl (C=O) groups excluding carboxylic acids is 1. The molecule has 0 spiro atoms. The molecule has 1 atom stereocenters. The summed E-state index contributed by atoms with van der Waals surface area (Å²) in [7, 11) is 0. The van der Waals surface area contributed by atoms with E-state index in [4.69, 9.17) is 9.47 Å². The molecule has 2 rings (SSSR count). The van der Waals surface area contributed by atoms with Crippen molar-refractivity contribution in [3.8, 4) is 0 Å². The van der Waals surface area contributed by atoms with Crippen LogP contribution in [0.25, 0.3) is 0 Å². The predicted molar refractivity (Wildman–Crippen MR) is 73.0 cm³/mol. The van der Waals surface area contributed by atoms with Crippen LogP contribution >= 0.6 is 0 Å². The zero-order valence-electron chi connectivity index (χ0n) is 12.1. The predicted octanol–water partition coefficient (Wildman–Crippen LogP) is 0.640. The van der Waals surface area contributed by atoms with Crippen LogP contribution in [-0.4, -0.2) is 62.4 Å². The van der Waals surface area contributed by atoms with E-state index in [-0.39, 0.29) is 5.91 Å². The van der Waals surface area contributed by atoms with Gasteiger partial charge in [0.25, 0.3) is 0 Å². The minimum absolute atomic E-state index is 0.119. The van der Waals surface area contributed by atoms with Crippen molar-refractivity contribution >= 4 is 5.91 Å². The maximum absolute atomic E-state index is 12.3. The van der Waals surface area contributed by atoms with Crippen LogP contribution in [0.3, 0.4) is 0 Å². The summed E-state index contributed by atoms with van der Waals surface area (Å²) in [5, 5.41) is 3.07. The number of hydrogen-bond donors (Lipinski definition) is 1. The number of nitrogens with zero attached hydrogens (tertiary/aromatic N) is 1. The molecule has 5 heteroatoms. The van der Waals surface area contributed by atoms with E-state index < -0.39 is 5.54 Å². The second kappa shape index (κ2) is 6.68. The van der Waals surface area contributed by atoms with Crippen LogP contribution in [-0.2, 0) is 14.3 Å². The Morgan fingerprint density at radius 3 is 2.63 bits per heavy atom. The molecule has 1 amide bonds. The van der Waals surface area contributed by atoms with Gasteiger partial charge in [-0.1, -0.05) is 0 Å². The average Bonchev–Trinajstić information content (AvgIpc) is 2.93. The second-order valence-electron chi connectivity index (χ2n) is 5.93. The van der Waals surface area contributed by atoms with Gasteiger partial charge in [-0.05, 0) is 32.6 Å². The number of morpholine rings is 1. The number of nitrogens with one attached hydrogen (secondary N) is 1. The summed E-state index contributed by atoms with van der Waals surface area (Å²) in [6.45, 7) is 9.56. The van der Waals surface area contributed by atoms with Crippen molar-refractivity contribution in [1.29, 1.82) is 0 Å². The largest absolute Gasteiger partial charge is 0.381 e. The quantitative estimate of drug-likeness (QED) is 0.796. The molecule has 2 saturated heterocycles. The molecule has 0 aromatic heterocycles. The summed E-state index contributed by atoms with van der Waals surface area (Å²) >= 11 is 0. The minimum Gasteiger partial charge on any atom is -0.381 e. The number of ether oxygens (including phenoxy) is 2. The first-order chi connectivity index (χ1) is 9.10. The van der Waals surface area contributed by atoms with E-state index in [9.17, 15) is 4.79 Å². The first kappa shape index (κ1) is 14.8. The Bertz CT molecular complexity index is 295. The first-order valence-electron chi connectivity index (χ1n) is 7.29. The monoisotopic (exact) mass is 270 g/mol. The third-order valence-electron chi connectivity index (χ3n) is 4.22. The van der Waals surface area contributed by atoms with E-state index in [0.29, 0.717) is 5.92 Å². The Balaban J connectivity index is 1.73. The van der Waals surface area contributed by atoms with E-state index in [1.807, 2.05) is 13.8 Å². The Kier molecular flexibility index (Phi) is 5.19. The Labute approximate surface area is 115 Å². The van der Waals surface area contributed by atoms with Crippen LogP contribution in [0.1, 0.15) is 26.7 Å². The average molecular weight is 270 g/mol. The third-order valence-corrected chi connectivity index (χ3v) is 4.22. The van der Waals surface area contributed by atoms with Crippen LogP contribution in [0.2, 0.25) is 0 Å². The zero-order valence-corrected chi connectivity index (χ0v) is 12.1. The third kappa shape index (κ3) is 3.91. The van der Waals surface area contributed by atoms with E-state index >= 15 is 0 Å². The van der Waals surface area contributed by atoms with Gasteiger partial charge in [-0.3, -0.25) is 9.69 Å². The van der Waals surface area contributed by atoms with Gasteiger partial charge >= 0.3 is 0 Å². The van der Waals surface area contributed by atoms with Gasteiger partial charge in [0.05, 0.1) is 18.8 Å². The molecule has 0 bridgehead atoms. The Morgan fingerprint density at radius 1 is 1.26 bits per heavy atom. The molecule has 1 N–H and O–H groups in total. The summed E-state index contributed by atoms with van der Waals surface area (Å²) in [4.78, 5) is 14.5. The Morgan fingerprint density at radius 2 is 2.00 bits per heavy atom. The maximum atomic E-state index is 12.3. The summed E-state index contributed by atoms with van der Waals surface area (Å²) < 4.78 is 10.7. The maximum Gasteiger partial charge on any atom is 0.239 e. The number of carbonyl (C=O) groups is 1. The van der Waals surface area contributed by atoms with Gasteiger partial charge in [0.2, 0.25) is 5.91 Å². The van der Waals surface area contributed by atoms with Gasteiger partial charge in [0, 0.05) is 32.8 Å².